The van der Waals surface area contributed by atoms with Crippen LogP contribution in [0.2, 0.25) is 10.0 Å². The average molecular weight is 934 g/mol. The maximum absolute atomic E-state index is 13.0. The first-order valence-electron chi connectivity index (χ1n) is 16.5. The molecule has 4 aromatic carbocycles. The summed E-state index contributed by atoms with van der Waals surface area (Å²) in [5.74, 6) is -0.592. The Morgan fingerprint density at radius 3 is 1.63 bits per heavy atom. The smallest absolute Gasteiger partial charge is 0.267 e. The van der Waals surface area contributed by atoms with E-state index in [9.17, 15) is 26.8 Å². The minimum absolute atomic E-state index is 0. The van der Waals surface area contributed by atoms with Gasteiger partial charge in [-0.05, 0) is 85.6 Å². The molecule has 59 heavy (non-hydrogen) atoms. The van der Waals surface area contributed by atoms with Crippen LogP contribution in [-0.2, 0) is 9.84 Å². The Hall–Kier alpha value is -4.49. The Morgan fingerprint density at radius 2 is 1.17 bits per heavy atom. The van der Waals surface area contributed by atoms with Gasteiger partial charge in [-0.2, -0.15) is 0 Å². The van der Waals surface area contributed by atoms with E-state index >= 15 is 0 Å². The van der Waals surface area contributed by atoms with Gasteiger partial charge in [0.1, 0.15) is 33.7 Å². The van der Waals surface area contributed by atoms with Gasteiger partial charge in [0, 0.05) is 9.79 Å². The van der Waals surface area contributed by atoms with E-state index in [0.717, 1.165) is 32.3 Å². The van der Waals surface area contributed by atoms with Crippen molar-refractivity contribution in [3.63, 3.8) is 0 Å². The molecule has 10 nitrogen and oxygen atoms in total. The number of para-hydroxylation sites is 2. The van der Waals surface area contributed by atoms with Crippen molar-refractivity contribution < 1.29 is 17.2 Å². The second-order valence-electron chi connectivity index (χ2n) is 11.9. The molecule has 0 radical (unpaired) electrons. The Labute approximate surface area is 366 Å². The molecule has 8 aromatic rings. The number of aromatic nitrogens is 6. The van der Waals surface area contributed by atoms with E-state index < -0.39 is 9.84 Å². The highest BCUT2D eigenvalue weighted by Crippen LogP contribution is 2.33. The number of fused-ring (bicyclic) bond motifs is 2. The maximum Gasteiger partial charge on any atom is 0.277 e. The summed E-state index contributed by atoms with van der Waals surface area (Å²) >= 11 is 19.9. The van der Waals surface area contributed by atoms with E-state index in [-0.39, 0.29) is 58.0 Å². The summed E-state index contributed by atoms with van der Waals surface area (Å²) in [6.07, 6.45) is 2.77. The van der Waals surface area contributed by atoms with Gasteiger partial charge in [0.15, 0.2) is 15.6 Å². The van der Waals surface area contributed by atoms with Gasteiger partial charge >= 0.3 is 0 Å². The Morgan fingerprint density at radius 1 is 0.712 bits per heavy atom. The molecule has 0 amide bonds. The summed E-state index contributed by atoms with van der Waals surface area (Å²) in [6, 6.07) is 22.9. The zero-order valence-electron chi connectivity index (χ0n) is 29.9. The van der Waals surface area contributed by atoms with Crippen LogP contribution in [0.3, 0.4) is 0 Å². The van der Waals surface area contributed by atoms with Gasteiger partial charge in [0.25, 0.3) is 11.1 Å². The topological polar surface area (TPSA) is 130 Å². The maximum atomic E-state index is 13.0. The fourth-order valence-electron chi connectivity index (χ4n) is 5.11. The van der Waals surface area contributed by atoms with Crippen LogP contribution in [0, 0.1) is 25.5 Å². The minimum Gasteiger partial charge on any atom is -0.267 e. The van der Waals surface area contributed by atoms with Gasteiger partial charge in [-0.15, -0.1) is 12.6 Å². The first-order chi connectivity index (χ1) is 27.2. The SMILES string of the molecule is C.C.CCS(=O)(=O)c1nc2ncn(-c3c(C)cccc3Cl)c(=O)c2s1.Cc1cccc(Cl)c1-n1cnc2nc(Sc3ccc(F)cc3)sc2c1=O.Fc1ccc(S)cc1. The van der Waals surface area contributed by atoms with Crippen LogP contribution in [0.1, 0.15) is 32.9 Å². The molecule has 308 valence electrons. The van der Waals surface area contributed by atoms with Crippen LogP contribution >= 0.6 is 70.3 Å². The van der Waals surface area contributed by atoms with Crippen molar-refractivity contribution in [2.45, 2.75) is 54.1 Å². The fourth-order valence-corrected chi connectivity index (χ4v) is 10.1. The second-order valence-corrected chi connectivity index (χ2v) is 19.0. The molecule has 0 atom stereocenters. The van der Waals surface area contributed by atoms with Crippen LogP contribution in [0.25, 0.3) is 32.1 Å². The van der Waals surface area contributed by atoms with Gasteiger partial charge in [-0.25, -0.2) is 37.1 Å². The lowest BCUT2D eigenvalue weighted by molar-refractivity contribution is 0.596. The lowest BCUT2D eigenvalue weighted by Gasteiger charge is -2.10. The van der Waals surface area contributed by atoms with Gasteiger partial charge in [-0.3, -0.25) is 18.7 Å². The summed E-state index contributed by atoms with van der Waals surface area (Å²) in [6.45, 7) is 5.25. The summed E-state index contributed by atoms with van der Waals surface area (Å²) in [4.78, 5) is 44.0. The van der Waals surface area contributed by atoms with E-state index in [2.05, 4.69) is 32.6 Å². The number of benzene rings is 4. The van der Waals surface area contributed by atoms with Crippen molar-refractivity contribution in [2.24, 2.45) is 0 Å². The Balaban J connectivity index is 0.000000215. The minimum atomic E-state index is -3.48. The van der Waals surface area contributed by atoms with Gasteiger partial charge in [-0.1, -0.05) is 104 Å². The Kier molecular flexibility index (Phi) is 16.1. The normalized spacial score (nSPS) is 10.8. The molecule has 0 unspecified atom stereocenters. The average Bonchev–Trinajstić information content (AvgIpc) is 3.82. The first-order valence-corrected chi connectivity index (χ1v) is 21.9. The van der Waals surface area contributed by atoms with Crippen molar-refractivity contribution in [3.05, 3.63) is 151 Å². The van der Waals surface area contributed by atoms with E-state index in [1.807, 2.05) is 32.0 Å². The zero-order chi connectivity index (χ0) is 41.0. The summed E-state index contributed by atoms with van der Waals surface area (Å²) in [5, 5.41) is 0.901. The molecular weight excluding hydrogens is 898 g/mol. The van der Waals surface area contributed by atoms with Crippen molar-refractivity contribution >= 4 is 101 Å². The van der Waals surface area contributed by atoms with Gasteiger partial charge in [0.2, 0.25) is 14.2 Å². The largest absolute Gasteiger partial charge is 0.277 e. The van der Waals surface area contributed by atoms with Gasteiger partial charge < -0.3 is 0 Å². The van der Waals surface area contributed by atoms with Crippen molar-refractivity contribution in [1.29, 1.82) is 0 Å². The number of hydrogen-bond acceptors (Lipinski definition) is 12. The lowest BCUT2D eigenvalue weighted by Crippen LogP contribution is -2.19. The molecule has 8 rings (SSSR count). The van der Waals surface area contributed by atoms with Crippen molar-refractivity contribution in [1.82, 2.24) is 29.1 Å². The quantitative estimate of drug-likeness (QED) is 0.162. The molecule has 19 heteroatoms. The molecule has 4 aromatic heterocycles. The molecular formula is C40H36Cl2F2N6O4S5. The molecule has 0 aliphatic rings. The van der Waals surface area contributed by atoms with Crippen LogP contribution in [0.5, 0.6) is 0 Å². The number of hydrogen-bond donors (Lipinski definition) is 1. The molecule has 0 bridgehead atoms. The number of thiol groups is 1. The summed E-state index contributed by atoms with van der Waals surface area (Å²) in [7, 11) is -3.48. The lowest BCUT2D eigenvalue weighted by atomic mass is 10.2. The fraction of sp³-hybridized carbons (Fsp3) is 0.150. The third-order valence-electron chi connectivity index (χ3n) is 7.95. The third kappa shape index (κ3) is 10.8. The standard InChI is InChI=1S/C18H11ClFN3OS2.C14H12ClN3O3S2.C6H5FS.2CH4/c1-10-3-2-4-13(19)14(10)23-9-21-16-15(17(23)24)26-18(22-16)25-12-7-5-11(20)6-8-12;1-3-23(20,21)14-17-12-11(22-14)13(19)18(7-16-12)10-8(2)5-4-6-9(10)15;7-5-1-3-6(8)4-2-5;;/h2-9H,1H3;4-7H,3H2,1-2H3;1-4,8H;2*1H4. The van der Waals surface area contributed by atoms with Crippen LogP contribution < -0.4 is 11.1 Å². The van der Waals surface area contributed by atoms with E-state index in [4.69, 9.17) is 23.2 Å². The molecule has 0 fully saturated rings. The number of nitrogens with zero attached hydrogens (tertiary/aromatic N) is 6. The number of thiazole rings is 2. The molecule has 0 N–H and O–H groups in total. The summed E-state index contributed by atoms with van der Waals surface area (Å²) in [5.41, 5.74) is 2.77. The molecule has 0 aliphatic heterocycles. The molecule has 0 saturated carbocycles. The highest BCUT2D eigenvalue weighted by molar-refractivity contribution is 8.01. The second kappa shape index (κ2) is 20.2. The number of aryl methyl sites for hydroxylation is 2. The van der Waals surface area contributed by atoms with Crippen LogP contribution in [0.15, 0.2) is 126 Å². The van der Waals surface area contributed by atoms with Gasteiger partial charge in [0.05, 0.1) is 27.2 Å². The highest BCUT2D eigenvalue weighted by Gasteiger charge is 2.21. The van der Waals surface area contributed by atoms with Crippen molar-refractivity contribution in [3.8, 4) is 11.4 Å². The molecule has 4 heterocycles. The van der Waals surface area contributed by atoms with Crippen molar-refractivity contribution in [2.75, 3.05) is 5.75 Å². The predicted molar refractivity (Wildman–Crippen MR) is 241 cm³/mol. The third-order valence-corrected chi connectivity index (χ3v) is 14.2. The highest BCUT2D eigenvalue weighted by atomic mass is 35.5. The number of sulfone groups is 1. The van der Waals surface area contributed by atoms with Crippen LogP contribution in [-0.4, -0.2) is 43.2 Å². The first kappa shape index (κ1) is 47.2. The van der Waals surface area contributed by atoms with E-state index in [0.29, 0.717) is 36.1 Å². The van der Waals surface area contributed by atoms with E-state index in [1.54, 1.807) is 42.5 Å². The molecule has 0 aliphatic carbocycles. The molecule has 0 spiro atoms. The number of halogens is 4. The Bertz CT molecular complexity index is 2920. The summed E-state index contributed by atoms with van der Waals surface area (Å²) < 4.78 is 53.0. The molecule has 0 saturated heterocycles. The van der Waals surface area contributed by atoms with E-state index in [1.165, 1.54) is 76.1 Å². The predicted octanol–water partition coefficient (Wildman–Crippen LogP) is 11.1. The monoisotopic (exact) mass is 932 g/mol. The van der Waals surface area contributed by atoms with Crippen LogP contribution in [0.4, 0.5) is 8.78 Å². The zero-order valence-corrected chi connectivity index (χ0v) is 35.5. The number of rotatable bonds is 6.